The van der Waals surface area contributed by atoms with Gasteiger partial charge < -0.3 is 4.74 Å². The average molecular weight is 482 g/mol. The number of aromatic nitrogens is 3. The van der Waals surface area contributed by atoms with E-state index in [0.717, 1.165) is 6.26 Å². The number of nitriles is 1. The SMILES string of the molecule is COc1ncccc1-c1nn(-c2ccc(C(=O)NS(C)(=O)=O)cc2C#N)c2ccc(Cl)cc12. The number of pyridine rings is 1. The molecular formula is C22H16ClN5O4S. The van der Waals surface area contributed by atoms with Crippen molar-refractivity contribution in [2.45, 2.75) is 0 Å². The maximum Gasteiger partial charge on any atom is 0.264 e. The maximum absolute atomic E-state index is 12.2. The van der Waals surface area contributed by atoms with Gasteiger partial charge in [0.05, 0.1) is 35.7 Å². The van der Waals surface area contributed by atoms with Gasteiger partial charge in [0, 0.05) is 22.2 Å². The van der Waals surface area contributed by atoms with Crippen LogP contribution in [0.3, 0.4) is 0 Å². The van der Waals surface area contributed by atoms with E-state index in [1.54, 1.807) is 35.1 Å². The topological polar surface area (TPSA) is 127 Å². The fourth-order valence-electron chi connectivity index (χ4n) is 3.39. The Kier molecular flexibility index (Phi) is 5.76. The summed E-state index contributed by atoms with van der Waals surface area (Å²) in [6, 6.07) is 15.1. The molecule has 0 atom stereocenters. The highest BCUT2D eigenvalue weighted by molar-refractivity contribution is 7.89. The molecule has 2 aromatic carbocycles. The second-order valence-corrected chi connectivity index (χ2v) is 9.21. The summed E-state index contributed by atoms with van der Waals surface area (Å²) in [5.41, 5.74) is 2.38. The molecule has 0 saturated heterocycles. The fraction of sp³-hybridized carbons (Fsp3) is 0.0909. The molecule has 1 amide bonds. The van der Waals surface area contributed by atoms with Gasteiger partial charge in [-0.1, -0.05) is 11.6 Å². The third-order valence-corrected chi connectivity index (χ3v) is 5.54. The Morgan fingerprint density at radius 2 is 2.00 bits per heavy atom. The second kappa shape index (κ2) is 8.54. The number of nitrogens with one attached hydrogen (secondary N) is 1. The van der Waals surface area contributed by atoms with Crippen molar-refractivity contribution in [3.8, 4) is 28.9 Å². The number of hydrogen-bond donors (Lipinski definition) is 1. The number of amides is 1. The first-order chi connectivity index (χ1) is 15.7. The van der Waals surface area contributed by atoms with E-state index in [4.69, 9.17) is 21.4 Å². The number of sulfonamides is 1. The van der Waals surface area contributed by atoms with Crippen LogP contribution >= 0.6 is 11.6 Å². The summed E-state index contributed by atoms with van der Waals surface area (Å²) in [4.78, 5) is 16.5. The molecule has 9 nitrogen and oxygen atoms in total. The summed E-state index contributed by atoms with van der Waals surface area (Å²) in [6.07, 6.45) is 2.47. The molecule has 0 spiro atoms. The molecule has 0 radical (unpaired) electrons. The predicted octanol–water partition coefficient (Wildman–Crippen LogP) is 3.31. The molecule has 1 N–H and O–H groups in total. The number of halogens is 1. The summed E-state index contributed by atoms with van der Waals surface area (Å²) in [5, 5.41) is 15.7. The summed E-state index contributed by atoms with van der Waals surface area (Å²) in [6.45, 7) is 0. The highest BCUT2D eigenvalue weighted by atomic mass is 35.5. The molecular weight excluding hydrogens is 466 g/mol. The molecule has 0 aliphatic heterocycles. The lowest BCUT2D eigenvalue weighted by molar-refractivity contribution is 0.0981. The van der Waals surface area contributed by atoms with Crippen LogP contribution in [0.5, 0.6) is 5.88 Å². The summed E-state index contributed by atoms with van der Waals surface area (Å²) in [7, 11) is -2.24. The van der Waals surface area contributed by atoms with Gasteiger partial charge in [0.2, 0.25) is 15.9 Å². The Labute approximate surface area is 194 Å². The van der Waals surface area contributed by atoms with Crippen molar-refractivity contribution in [2.75, 3.05) is 13.4 Å². The third kappa shape index (κ3) is 4.37. The quantitative estimate of drug-likeness (QED) is 0.463. The van der Waals surface area contributed by atoms with Gasteiger partial charge in [-0.15, -0.1) is 0 Å². The summed E-state index contributed by atoms with van der Waals surface area (Å²) >= 11 is 6.24. The number of rotatable bonds is 5. The monoisotopic (exact) mass is 481 g/mol. The zero-order chi connectivity index (χ0) is 23.8. The predicted molar refractivity (Wildman–Crippen MR) is 123 cm³/mol. The van der Waals surface area contributed by atoms with Crippen molar-refractivity contribution in [3.63, 3.8) is 0 Å². The molecule has 0 fully saturated rings. The minimum absolute atomic E-state index is 0.0226. The Morgan fingerprint density at radius 1 is 1.21 bits per heavy atom. The molecule has 166 valence electrons. The number of nitrogens with zero attached hydrogens (tertiary/aromatic N) is 4. The number of carbonyl (C=O) groups excluding carboxylic acids is 1. The number of hydrogen-bond acceptors (Lipinski definition) is 7. The standard InChI is InChI=1S/C22H16ClN5O4S/c1-32-22-16(4-3-9-25-22)20-17-11-15(23)6-8-19(17)28(26-20)18-7-5-13(10-14(18)12-24)21(29)27-33(2,30)31/h3-11H,1-2H3,(H,27,29). The largest absolute Gasteiger partial charge is 0.481 e. The minimum Gasteiger partial charge on any atom is -0.481 e. The number of methoxy groups -OCH3 is 1. The van der Waals surface area contributed by atoms with Crippen molar-refractivity contribution in [2.24, 2.45) is 0 Å². The van der Waals surface area contributed by atoms with Crippen LogP contribution in [-0.2, 0) is 10.0 Å². The zero-order valence-electron chi connectivity index (χ0n) is 17.4. The lowest BCUT2D eigenvalue weighted by Crippen LogP contribution is -2.29. The van der Waals surface area contributed by atoms with Crippen LogP contribution < -0.4 is 9.46 Å². The number of ether oxygens (including phenoxy) is 1. The van der Waals surface area contributed by atoms with Crippen molar-refractivity contribution in [3.05, 3.63) is 70.9 Å². The molecule has 0 bridgehead atoms. The molecule has 0 unspecified atom stereocenters. The molecule has 2 aromatic heterocycles. The Bertz CT molecular complexity index is 1560. The molecule has 4 rings (SSSR count). The van der Waals surface area contributed by atoms with Gasteiger partial charge in [-0.05, 0) is 48.5 Å². The van der Waals surface area contributed by atoms with Crippen molar-refractivity contribution in [1.82, 2.24) is 19.5 Å². The lowest BCUT2D eigenvalue weighted by Gasteiger charge is -2.09. The van der Waals surface area contributed by atoms with E-state index < -0.39 is 15.9 Å². The van der Waals surface area contributed by atoms with Crippen molar-refractivity contribution in [1.29, 1.82) is 5.26 Å². The van der Waals surface area contributed by atoms with Gasteiger partial charge in [-0.2, -0.15) is 10.4 Å². The lowest BCUT2D eigenvalue weighted by atomic mass is 10.1. The summed E-state index contributed by atoms with van der Waals surface area (Å²) < 4.78 is 31.6. The van der Waals surface area contributed by atoms with Crippen LogP contribution in [0.1, 0.15) is 15.9 Å². The molecule has 4 aromatic rings. The van der Waals surface area contributed by atoms with Crippen LogP contribution in [0.4, 0.5) is 0 Å². The number of fused-ring (bicyclic) bond motifs is 1. The van der Waals surface area contributed by atoms with Gasteiger partial charge in [-0.3, -0.25) is 4.79 Å². The van der Waals surface area contributed by atoms with Crippen molar-refractivity contribution >= 4 is 38.4 Å². The smallest absolute Gasteiger partial charge is 0.264 e. The molecule has 0 aliphatic rings. The zero-order valence-corrected chi connectivity index (χ0v) is 19.0. The number of carbonyl (C=O) groups is 1. The van der Waals surface area contributed by atoms with Crippen LogP contribution in [0, 0.1) is 11.3 Å². The summed E-state index contributed by atoms with van der Waals surface area (Å²) in [5.74, 6) is -0.462. The maximum atomic E-state index is 12.2. The second-order valence-electron chi connectivity index (χ2n) is 7.03. The van der Waals surface area contributed by atoms with E-state index in [9.17, 15) is 18.5 Å². The molecule has 0 aliphatic carbocycles. The van der Waals surface area contributed by atoms with Gasteiger partial charge in [0.15, 0.2) is 0 Å². The van der Waals surface area contributed by atoms with E-state index in [2.05, 4.69) is 4.98 Å². The van der Waals surface area contributed by atoms with E-state index >= 15 is 0 Å². The van der Waals surface area contributed by atoms with Gasteiger partial charge >= 0.3 is 0 Å². The van der Waals surface area contributed by atoms with Gasteiger partial charge in [0.1, 0.15) is 11.8 Å². The van der Waals surface area contributed by atoms with Crippen molar-refractivity contribution < 1.29 is 17.9 Å². The molecule has 33 heavy (non-hydrogen) atoms. The van der Waals surface area contributed by atoms with Gasteiger partial charge in [-0.25, -0.2) is 22.8 Å². The van der Waals surface area contributed by atoms with Crippen LogP contribution in [0.25, 0.3) is 27.8 Å². The Morgan fingerprint density at radius 3 is 2.70 bits per heavy atom. The first-order valence-corrected chi connectivity index (χ1v) is 11.7. The molecule has 11 heteroatoms. The van der Waals surface area contributed by atoms with E-state index in [-0.39, 0.29) is 11.1 Å². The van der Waals surface area contributed by atoms with E-state index in [1.165, 1.54) is 25.3 Å². The normalized spacial score (nSPS) is 11.2. The highest BCUT2D eigenvalue weighted by Crippen LogP contribution is 2.35. The fourth-order valence-corrected chi connectivity index (χ4v) is 4.01. The van der Waals surface area contributed by atoms with Crippen LogP contribution in [-0.4, -0.2) is 42.5 Å². The number of benzene rings is 2. The average Bonchev–Trinajstić information content (AvgIpc) is 3.15. The third-order valence-electron chi connectivity index (χ3n) is 4.75. The van der Waals surface area contributed by atoms with E-state index in [1.807, 2.05) is 16.9 Å². The minimum atomic E-state index is -3.75. The van der Waals surface area contributed by atoms with Crippen LogP contribution in [0.15, 0.2) is 54.7 Å². The highest BCUT2D eigenvalue weighted by Gasteiger charge is 2.20. The molecule has 0 saturated carbocycles. The van der Waals surface area contributed by atoms with Crippen LogP contribution in [0.2, 0.25) is 5.02 Å². The molecule has 2 heterocycles. The van der Waals surface area contributed by atoms with E-state index in [0.29, 0.717) is 38.8 Å². The Balaban J connectivity index is 1.92. The first kappa shape index (κ1) is 22.3. The Hall–Kier alpha value is -3.94. The first-order valence-electron chi connectivity index (χ1n) is 9.46. The van der Waals surface area contributed by atoms with Gasteiger partial charge in [0.25, 0.3) is 5.91 Å².